The zero-order valence-electron chi connectivity index (χ0n) is 10.7. The van der Waals surface area contributed by atoms with Crippen LogP contribution in [-0.2, 0) is 16.6 Å². The second kappa shape index (κ2) is 5.71. The van der Waals surface area contributed by atoms with E-state index in [9.17, 15) is 8.42 Å². The smallest absolute Gasteiger partial charge is 0.235 e. The van der Waals surface area contributed by atoms with E-state index in [1.165, 1.54) is 9.87 Å². The molecular weight excluding hydrogens is 248 g/mol. The van der Waals surface area contributed by atoms with Crippen LogP contribution in [0.25, 0.3) is 0 Å². The van der Waals surface area contributed by atoms with E-state index < -0.39 is 10.0 Å². The third kappa shape index (κ3) is 3.03. The van der Waals surface area contributed by atoms with Gasteiger partial charge < -0.3 is 5.32 Å². The first-order chi connectivity index (χ1) is 8.63. The molecule has 0 amide bonds. The van der Waals surface area contributed by atoms with Crippen molar-refractivity contribution in [2.24, 2.45) is 0 Å². The molecule has 1 aliphatic heterocycles. The number of nitrogens with zero attached hydrogens (tertiary/aromatic N) is 1. The Morgan fingerprint density at radius 3 is 2.56 bits per heavy atom. The van der Waals surface area contributed by atoms with Crippen LogP contribution in [0.4, 0.5) is 5.69 Å². The molecule has 0 spiro atoms. The molecule has 1 aromatic rings. The number of hydrogen-bond donors (Lipinski definition) is 1. The zero-order valence-corrected chi connectivity index (χ0v) is 11.5. The Hall–Kier alpha value is -1.07. The molecule has 0 bridgehead atoms. The van der Waals surface area contributed by atoms with Crippen LogP contribution in [-0.4, -0.2) is 27.3 Å². The summed E-state index contributed by atoms with van der Waals surface area (Å²) in [4.78, 5) is 0. The molecule has 1 fully saturated rings. The fourth-order valence-electron chi connectivity index (χ4n) is 2.13. The molecule has 5 heteroatoms. The van der Waals surface area contributed by atoms with Crippen LogP contribution in [0.2, 0.25) is 0 Å². The minimum absolute atomic E-state index is 0.270. The third-order valence-corrected chi connectivity index (χ3v) is 5.02. The van der Waals surface area contributed by atoms with Crippen molar-refractivity contribution in [1.82, 2.24) is 5.32 Å². The Labute approximate surface area is 109 Å². The van der Waals surface area contributed by atoms with Crippen molar-refractivity contribution < 1.29 is 8.42 Å². The number of anilines is 1. The maximum absolute atomic E-state index is 12.0. The number of nitrogens with one attached hydrogen (secondary N) is 1. The van der Waals surface area contributed by atoms with Gasteiger partial charge in [0.15, 0.2) is 0 Å². The van der Waals surface area contributed by atoms with Gasteiger partial charge in [-0.2, -0.15) is 0 Å². The standard InChI is InChI=1S/C13H20N2O2S/c1-2-14-11-12-5-7-13(8-6-12)15-9-3-4-10-18(15,16)17/h5-8,14H,2-4,9-11H2,1H3. The summed E-state index contributed by atoms with van der Waals surface area (Å²) in [6.45, 7) is 4.43. The summed E-state index contributed by atoms with van der Waals surface area (Å²) >= 11 is 0. The average Bonchev–Trinajstić information content (AvgIpc) is 2.37. The van der Waals surface area contributed by atoms with E-state index in [1.807, 2.05) is 24.3 Å². The highest BCUT2D eigenvalue weighted by atomic mass is 32.2. The first kappa shape index (κ1) is 13.4. The van der Waals surface area contributed by atoms with Crippen LogP contribution in [0.5, 0.6) is 0 Å². The maximum Gasteiger partial charge on any atom is 0.235 e. The maximum atomic E-state index is 12.0. The summed E-state index contributed by atoms with van der Waals surface area (Å²) in [7, 11) is -3.09. The monoisotopic (exact) mass is 268 g/mol. The molecule has 4 nitrogen and oxygen atoms in total. The Kier molecular flexibility index (Phi) is 4.24. The summed E-state index contributed by atoms with van der Waals surface area (Å²) in [6, 6.07) is 7.77. The van der Waals surface area contributed by atoms with Crippen LogP contribution in [0.1, 0.15) is 25.3 Å². The largest absolute Gasteiger partial charge is 0.313 e. The predicted octanol–water partition coefficient (Wildman–Crippen LogP) is 1.73. The van der Waals surface area contributed by atoms with Crippen LogP contribution < -0.4 is 9.62 Å². The Morgan fingerprint density at radius 2 is 1.94 bits per heavy atom. The van der Waals surface area contributed by atoms with Crippen molar-refractivity contribution in [3.8, 4) is 0 Å². The molecule has 1 saturated heterocycles. The Balaban J connectivity index is 2.13. The van der Waals surface area contributed by atoms with Gasteiger partial charge in [-0.3, -0.25) is 4.31 Å². The van der Waals surface area contributed by atoms with Gasteiger partial charge in [0.1, 0.15) is 0 Å². The van der Waals surface area contributed by atoms with E-state index >= 15 is 0 Å². The molecule has 18 heavy (non-hydrogen) atoms. The van der Waals surface area contributed by atoms with Crippen molar-refractivity contribution in [1.29, 1.82) is 0 Å². The molecule has 1 aliphatic rings. The van der Waals surface area contributed by atoms with Gasteiger partial charge in [0, 0.05) is 13.1 Å². The lowest BCUT2D eigenvalue weighted by Crippen LogP contribution is -2.37. The van der Waals surface area contributed by atoms with Crippen LogP contribution in [0.3, 0.4) is 0 Å². The van der Waals surface area contributed by atoms with Gasteiger partial charge in [-0.1, -0.05) is 19.1 Å². The van der Waals surface area contributed by atoms with E-state index in [2.05, 4.69) is 12.2 Å². The minimum atomic E-state index is -3.09. The number of sulfonamides is 1. The molecule has 0 unspecified atom stereocenters. The lowest BCUT2D eigenvalue weighted by Gasteiger charge is -2.28. The van der Waals surface area contributed by atoms with Gasteiger partial charge in [-0.15, -0.1) is 0 Å². The van der Waals surface area contributed by atoms with Crippen molar-refractivity contribution in [3.63, 3.8) is 0 Å². The zero-order chi connectivity index (χ0) is 13.0. The topological polar surface area (TPSA) is 49.4 Å². The fraction of sp³-hybridized carbons (Fsp3) is 0.538. The molecule has 1 N–H and O–H groups in total. The van der Waals surface area contributed by atoms with E-state index in [1.54, 1.807) is 0 Å². The van der Waals surface area contributed by atoms with Gasteiger partial charge in [-0.25, -0.2) is 8.42 Å². The number of hydrogen-bond acceptors (Lipinski definition) is 3. The minimum Gasteiger partial charge on any atom is -0.313 e. The molecule has 0 atom stereocenters. The van der Waals surface area contributed by atoms with Gasteiger partial charge in [0.05, 0.1) is 11.4 Å². The molecule has 0 aromatic heterocycles. The molecule has 2 rings (SSSR count). The van der Waals surface area contributed by atoms with Gasteiger partial charge in [0.25, 0.3) is 0 Å². The Morgan fingerprint density at radius 1 is 1.22 bits per heavy atom. The molecule has 0 saturated carbocycles. The predicted molar refractivity (Wildman–Crippen MR) is 74.2 cm³/mol. The lowest BCUT2D eigenvalue weighted by atomic mass is 10.2. The van der Waals surface area contributed by atoms with Crippen molar-refractivity contribution in [2.75, 3.05) is 23.1 Å². The molecular formula is C13H20N2O2S. The van der Waals surface area contributed by atoms with E-state index in [0.29, 0.717) is 6.54 Å². The molecule has 0 aliphatic carbocycles. The summed E-state index contributed by atoms with van der Waals surface area (Å²) in [6.07, 6.45) is 1.72. The highest BCUT2D eigenvalue weighted by Gasteiger charge is 2.25. The van der Waals surface area contributed by atoms with Crippen molar-refractivity contribution in [2.45, 2.75) is 26.3 Å². The summed E-state index contributed by atoms with van der Waals surface area (Å²) in [5.41, 5.74) is 1.96. The Bertz CT molecular complexity index is 482. The first-order valence-electron chi connectivity index (χ1n) is 6.43. The molecule has 1 aromatic carbocycles. The first-order valence-corrected chi connectivity index (χ1v) is 8.04. The second-order valence-corrected chi connectivity index (χ2v) is 6.55. The summed E-state index contributed by atoms with van der Waals surface area (Å²) in [5, 5.41) is 3.25. The van der Waals surface area contributed by atoms with Gasteiger partial charge in [0.2, 0.25) is 10.0 Å². The van der Waals surface area contributed by atoms with Crippen LogP contribution in [0.15, 0.2) is 24.3 Å². The quantitative estimate of drug-likeness (QED) is 0.904. The summed E-state index contributed by atoms with van der Waals surface area (Å²) < 4.78 is 25.4. The van der Waals surface area contributed by atoms with E-state index in [4.69, 9.17) is 0 Å². The normalized spacial score (nSPS) is 18.8. The van der Waals surface area contributed by atoms with Gasteiger partial charge in [-0.05, 0) is 37.1 Å². The van der Waals surface area contributed by atoms with Crippen molar-refractivity contribution >= 4 is 15.7 Å². The molecule has 0 radical (unpaired) electrons. The van der Waals surface area contributed by atoms with Crippen molar-refractivity contribution in [3.05, 3.63) is 29.8 Å². The highest BCUT2D eigenvalue weighted by molar-refractivity contribution is 7.92. The van der Waals surface area contributed by atoms with E-state index in [-0.39, 0.29) is 5.75 Å². The average molecular weight is 268 g/mol. The fourth-order valence-corrected chi connectivity index (χ4v) is 3.77. The van der Waals surface area contributed by atoms with Crippen LogP contribution in [0, 0.1) is 0 Å². The van der Waals surface area contributed by atoms with Crippen LogP contribution >= 0.6 is 0 Å². The highest BCUT2D eigenvalue weighted by Crippen LogP contribution is 2.23. The number of benzene rings is 1. The summed E-state index contributed by atoms with van der Waals surface area (Å²) in [5.74, 6) is 0.270. The van der Waals surface area contributed by atoms with E-state index in [0.717, 1.165) is 31.6 Å². The SMILES string of the molecule is CCNCc1ccc(N2CCCCS2(=O)=O)cc1. The molecule has 100 valence electrons. The lowest BCUT2D eigenvalue weighted by molar-refractivity contribution is 0.574. The van der Waals surface area contributed by atoms with Gasteiger partial charge >= 0.3 is 0 Å². The third-order valence-electron chi connectivity index (χ3n) is 3.15. The molecule has 1 heterocycles. The number of rotatable bonds is 4. The second-order valence-electron chi connectivity index (χ2n) is 4.54.